The van der Waals surface area contributed by atoms with Crippen molar-refractivity contribution in [3.63, 3.8) is 0 Å². The van der Waals surface area contributed by atoms with Crippen molar-refractivity contribution in [2.45, 2.75) is 45.2 Å². The molecule has 3 aromatic rings. The number of carbonyl (C=O) groups is 4. The summed E-state index contributed by atoms with van der Waals surface area (Å²) in [4.78, 5) is 58.9. The topological polar surface area (TPSA) is 203 Å². The first-order valence-corrected chi connectivity index (χ1v) is 17.6. The molecule has 3 heterocycles. The number of nitrogens with one attached hydrogen (secondary N) is 4. The third-order valence-electron chi connectivity index (χ3n) is 8.17. The van der Waals surface area contributed by atoms with E-state index in [1.807, 2.05) is 86.6 Å². The SMILES string of the molecule is C.CN1C(=O)NC(C)(c2cccc(Br)c2)N=C1N.CN1C(=O)NC(C)(c2cccc(Br)c2)N=C1N.CN1C(=O)NC(C)(c2cccc(Br)c2)NC1=O. The average molecular weight is 908 g/mol. The number of rotatable bonds is 3. The van der Waals surface area contributed by atoms with Crippen LogP contribution in [0.3, 0.4) is 0 Å². The minimum absolute atomic E-state index is 0. The van der Waals surface area contributed by atoms with Crippen LogP contribution in [0.2, 0.25) is 0 Å². The third kappa shape index (κ3) is 9.40. The van der Waals surface area contributed by atoms with Crippen LogP contribution in [0.1, 0.15) is 44.9 Å². The van der Waals surface area contributed by atoms with E-state index in [-0.39, 0.29) is 31.4 Å². The van der Waals surface area contributed by atoms with Crippen LogP contribution in [0.4, 0.5) is 19.2 Å². The molecule has 15 nitrogen and oxygen atoms in total. The molecule has 6 rings (SSSR count). The molecule has 278 valence electrons. The molecule has 3 aliphatic heterocycles. The van der Waals surface area contributed by atoms with Gasteiger partial charge in [0.1, 0.15) is 5.66 Å². The number of hydrogen-bond acceptors (Lipinski definition) is 8. The summed E-state index contributed by atoms with van der Waals surface area (Å²) in [6.07, 6.45) is 0. The Labute approximate surface area is 328 Å². The van der Waals surface area contributed by atoms with Gasteiger partial charge in [0.2, 0.25) is 11.9 Å². The number of aliphatic imine (C=N–C) groups is 2. The van der Waals surface area contributed by atoms with E-state index in [9.17, 15) is 19.2 Å². The van der Waals surface area contributed by atoms with E-state index in [1.54, 1.807) is 21.0 Å². The molecule has 8 N–H and O–H groups in total. The summed E-state index contributed by atoms with van der Waals surface area (Å²) in [5.74, 6) is 0.410. The minimum atomic E-state index is -0.884. The van der Waals surface area contributed by atoms with Gasteiger partial charge in [0, 0.05) is 45.7 Å². The second-order valence-corrected chi connectivity index (χ2v) is 14.9. The zero-order chi connectivity index (χ0) is 37.9. The lowest BCUT2D eigenvalue weighted by atomic mass is 10.0. The average Bonchev–Trinajstić information content (AvgIpc) is 3.05. The molecule has 0 radical (unpaired) electrons. The van der Waals surface area contributed by atoms with Crippen molar-refractivity contribution in [1.82, 2.24) is 36.0 Å². The summed E-state index contributed by atoms with van der Waals surface area (Å²) in [5, 5.41) is 11.1. The Bertz CT molecular complexity index is 1810. The molecule has 2 atom stereocenters. The molecule has 0 aliphatic carbocycles. The number of imide groups is 1. The summed E-state index contributed by atoms with van der Waals surface area (Å²) >= 11 is 10.1. The monoisotopic (exact) mass is 905 g/mol. The fourth-order valence-electron chi connectivity index (χ4n) is 4.98. The fraction of sp³-hybridized carbons (Fsp3) is 0.294. The highest BCUT2D eigenvalue weighted by Gasteiger charge is 2.39. The molecule has 0 bridgehead atoms. The van der Waals surface area contributed by atoms with E-state index < -0.39 is 29.1 Å². The maximum atomic E-state index is 11.7. The van der Waals surface area contributed by atoms with Crippen LogP contribution in [-0.4, -0.2) is 71.9 Å². The van der Waals surface area contributed by atoms with Crippen molar-refractivity contribution >= 4 is 83.8 Å². The van der Waals surface area contributed by atoms with Crippen LogP contribution >= 0.6 is 47.8 Å². The van der Waals surface area contributed by atoms with Gasteiger partial charge in [-0.1, -0.05) is 91.6 Å². The van der Waals surface area contributed by atoms with E-state index in [0.29, 0.717) is 0 Å². The number of nitrogens with two attached hydrogens (primary N) is 2. The number of hydrogen-bond donors (Lipinski definition) is 6. The van der Waals surface area contributed by atoms with Crippen LogP contribution in [0.15, 0.2) is 96.2 Å². The molecule has 18 heteroatoms. The minimum Gasteiger partial charge on any atom is -0.369 e. The van der Waals surface area contributed by atoms with Crippen LogP contribution in [0, 0.1) is 0 Å². The molecule has 1 saturated heterocycles. The third-order valence-corrected chi connectivity index (χ3v) is 9.65. The Morgan fingerprint density at radius 2 is 0.846 bits per heavy atom. The van der Waals surface area contributed by atoms with Crippen LogP contribution in [0.5, 0.6) is 0 Å². The Balaban J connectivity index is 0.000000208. The van der Waals surface area contributed by atoms with Crippen molar-refractivity contribution in [3.8, 4) is 0 Å². The van der Waals surface area contributed by atoms with Gasteiger partial charge < -0.3 is 32.7 Å². The second-order valence-electron chi connectivity index (χ2n) is 12.1. The summed E-state index contributed by atoms with van der Waals surface area (Å²) < 4.78 is 2.75. The molecule has 0 saturated carbocycles. The highest BCUT2D eigenvalue weighted by atomic mass is 79.9. The molecule has 0 aromatic heterocycles. The van der Waals surface area contributed by atoms with Crippen LogP contribution < -0.4 is 32.7 Å². The summed E-state index contributed by atoms with van der Waals surface area (Å²) in [6, 6.07) is 21.3. The number of urea groups is 4. The second kappa shape index (κ2) is 16.3. The number of carbonyl (C=O) groups excluding carboxylic acids is 4. The normalized spacial score (nSPS) is 22.0. The van der Waals surface area contributed by atoms with Gasteiger partial charge in [0.05, 0.1) is 0 Å². The van der Waals surface area contributed by atoms with Crippen molar-refractivity contribution in [2.75, 3.05) is 21.1 Å². The van der Waals surface area contributed by atoms with Crippen LogP contribution in [0.25, 0.3) is 0 Å². The lowest BCUT2D eigenvalue weighted by Gasteiger charge is -2.39. The first-order valence-electron chi connectivity index (χ1n) is 15.3. The number of guanidine groups is 2. The van der Waals surface area contributed by atoms with E-state index in [1.165, 1.54) is 16.8 Å². The van der Waals surface area contributed by atoms with Gasteiger partial charge in [-0.2, -0.15) is 0 Å². The van der Waals surface area contributed by atoms with E-state index >= 15 is 0 Å². The van der Waals surface area contributed by atoms with Crippen molar-refractivity contribution in [3.05, 3.63) is 103 Å². The molecular formula is C34H42Br3N11O4. The maximum Gasteiger partial charge on any atom is 0.327 e. The van der Waals surface area contributed by atoms with E-state index in [0.717, 1.165) is 35.0 Å². The quantitative estimate of drug-likeness (QED) is 0.192. The van der Waals surface area contributed by atoms with E-state index in [2.05, 4.69) is 79.0 Å². The molecular weight excluding hydrogens is 866 g/mol. The van der Waals surface area contributed by atoms with Crippen molar-refractivity contribution in [1.29, 1.82) is 0 Å². The molecule has 3 aliphatic rings. The Hall–Kier alpha value is -4.68. The molecule has 1 fully saturated rings. The zero-order valence-corrected chi connectivity index (χ0v) is 33.3. The largest absolute Gasteiger partial charge is 0.369 e. The van der Waals surface area contributed by atoms with Gasteiger partial charge in [-0.3, -0.25) is 9.80 Å². The number of nitrogens with zero attached hydrogens (tertiary/aromatic N) is 5. The molecule has 52 heavy (non-hydrogen) atoms. The summed E-state index contributed by atoms with van der Waals surface area (Å²) in [7, 11) is 4.58. The highest BCUT2D eigenvalue weighted by Crippen LogP contribution is 2.29. The van der Waals surface area contributed by atoms with Gasteiger partial charge in [-0.15, -0.1) is 0 Å². The van der Waals surface area contributed by atoms with Gasteiger partial charge in [-0.25, -0.2) is 34.1 Å². The predicted molar refractivity (Wildman–Crippen MR) is 212 cm³/mol. The van der Waals surface area contributed by atoms with Crippen molar-refractivity contribution in [2.24, 2.45) is 21.5 Å². The highest BCUT2D eigenvalue weighted by molar-refractivity contribution is 9.11. The van der Waals surface area contributed by atoms with Gasteiger partial charge >= 0.3 is 24.1 Å². The van der Waals surface area contributed by atoms with Gasteiger partial charge in [0.15, 0.2) is 11.3 Å². The van der Waals surface area contributed by atoms with Crippen molar-refractivity contribution < 1.29 is 19.2 Å². The Kier molecular flexibility index (Phi) is 13.1. The molecule has 8 amide bonds. The van der Waals surface area contributed by atoms with Gasteiger partial charge in [-0.05, 0) is 62.7 Å². The predicted octanol–water partition coefficient (Wildman–Crippen LogP) is 5.81. The lowest BCUT2D eigenvalue weighted by molar-refractivity contribution is 0.152. The first kappa shape index (κ1) is 41.7. The maximum absolute atomic E-state index is 11.7. The van der Waals surface area contributed by atoms with E-state index in [4.69, 9.17) is 11.5 Å². The van der Waals surface area contributed by atoms with Gasteiger partial charge in [0.25, 0.3) is 0 Å². The standard InChI is InChI=1S/2C11H13BrN4O.C11H12BrN3O2.CH4/c2*1-11(7-4-3-5-8(12)6-7)14-9(13)16(2)10(17)15-11;1-11(7-4-3-5-8(12)6-7)13-9(16)15(2)10(17)14-11;/h2*3-6H,1-2H3,(H2,13,14)(H,15,17);3-6H,1-2H3,(H,13,16)(H,14,17);1H4. The summed E-state index contributed by atoms with van der Waals surface area (Å²) in [5.41, 5.74) is 11.5. The Morgan fingerprint density at radius 3 is 1.17 bits per heavy atom. The zero-order valence-electron chi connectivity index (χ0n) is 28.6. The number of halogens is 3. The number of amides is 8. The number of benzene rings is 3. The van der Waals surface area contributed by atoms with Crippen LogP contribution in [-0.2, 0) is 17.0 Å². The smallest absolute Gasteiger partial charge is 0.327 e. The fourth-order valence-corrected chi connectivity index (χ4v) is 6.17. The molecule has 2 unspecified atom stereocenters. The summed E-state index contributed by atoms with van der Waals surface area (Å²) in [6.45, 7) is 5.37. The first-order chi connectivity index (χ1) is 23.8. The molecule has 0 spiro atoms. The lowest BCUT2D eigenvalue weighted by Crippen LogP contribution is -2.67. The molecule has 3 aromatic carbocycles. The Morgan fingerprint density at radius 1 is 0.538 bits per heavy atom.